The van der Waals surface area contributed by atoms with Crippen molar-refractivity contribution in [2.45, 2.75) is 0 Å². The highest BCUT2D eigenvalue weighted by molar-refractivity contribution is 5.48. The number of piperazine rings is 1. The smallest absolute Gasteiger partial charge is 0.271 e. The van der Waals surface area contributed by atoms with Gasteiger partial charge in [0.15, 0.2) is 0 Å². The molecule has 0 bridgehead atoms. The van der Waals surface area contributed by atoms with Gasteiger partial charge in [-0.3, -0.25) is 10.1 Å². The molecule has 0 aliphatic carbocycles. The highest BCUT2D eigenvalue weighted by Gasteiger charge is 2.16. The van der Waals surface area contributed by atoms with Gasteiger partial charge >= 0.3 is 0 Å². The first-order chi connectivity index (χ1) is 10.1. The van der Waals surface area contributed by atoms with Crippen LogP contribution in [0.3, 0.4) is 0 Å². The third-order valence-electron chi connectivity index (χ3n) is 3.74. The number of rotatable bonds is 3. The van der Waals surface area contributed by atoms with Crippen LogP contribution in [0.4, 0.5) is 11.4 Å². The summed E-state index contributed by atoms with van der Waals surface area (Å²) in [6.07, 6.45) is 3.73. The quantitative estimate of drug-likeness (QED) is 0.632. The molecule has 1 aromatic carbocycles. The fourth-order valence-corrected chi connectivity index (χ4v) is 2.43. The van der Waals surface area contributed by atoms with E-state index in [4.69, 9.17) is 0 Å². The second-order valence-corrected chi connectivity index (χ2v) is 5.21. The lowest BCUT2D eigenvalue weighted by Crippen LogP contribution is -2.44. The Kier molecular flexibility index (Phi) is 3.57. The maximum Gasteiger partial charge on any atom is 0.271 e. The summed E-state index contributed by atoms with van der Waals surface area (Å²) in [5, 5.41) is 15.2. The van der Waals surface area contributed by atoms with E-state index in [1.807, 2.05) is 18.5 Å². The van der Waals surface area contributed by atoms with E-state index in [1.165, 1.54) is 12.1 Å². The number of hydrogen-bond donors (Lipinski definition) is 0. The third kappa shape index (κ3) is 2.87. The van der Waals surface area contributed by atoms with Gasteiger partial charge in [-0.2, -0.15) is 5.10 Å². The Morgan fingerprint density at radius 3 is 2.67 bits per heavy atom. The molecule has 1 saturated heterocycles. The largest absolute Gasteiger partial charge is 0.366 e. The molecule has 2 heterocycles. The lowest BCUT2D eigenvalue weighted by molar-refractivity contribution is -0.384. The van der Waals surface area contributed by atoms with Crippen molar-refractivity contribution in [1.29, 1.82) is 0 Å². The molecule has 0 radical (unpaired) electrons. The standard InChI is InChI=1S/C14H17N5O2/c1-16-5-7-17(8-6-16)14-10-15-18(11-14)12-3-2-4-13(9-12)19(20)21/h2-4,9-11H,5-8H2,1H3. The first kappa shape index (κ1) is 13.6. The van der Waals surface area contributed by atoms with E-state index in [0.717, 1.165) is 31.9 Å². The van der Waals surface area contributed by atoms with E-state index < -0.39 is 4.92 Å². The zero-order valence-electron chi connectivity index (χ0n) is 11.8. The van der Waals surface area contributed by atoms with Gasteiger partial charge in [0.05, 0.1) is 28.7 Å². The number of aromatic nitrogens is 2. The van der Waals surface area contributed by atoms with Crippen LogP contribution in [0.1, 0.15) is 0 Å². The van der Waals surface area contributed by atoms with E-state index in [-0.39, 0.29) is 5.69 Å². The lowest BCUT2D eigenvalue weighted by atomic mass is 10.3. The monoisotopic (exact) mass is 287 g/mol. The molecule has 0 unspecified atom stereocenters. The van der Waals surface area contributed by atoms with Crippen LogP contribution in [0.2, 0.25) is 0 Å². The van der Waals surface area contributed by atoms with E-state index >= 15 is 0 Å². The van der Waals surface area contributed by atoms with Gasteiger partial charge in [-0.25, -0.2) is 4.68 Å². The Morgan fingerprint density at radius 2 is 1.95 bits per heavy atom. The average molecular weight is 287 g/mol. The second-order valence-electron chi connectivity index (χ2n) is 5.21. The highest BCUT2D eigenvalue weighted by atomic mass is 16.6. The predicted molar refractivity (Wildman–Crippen MR) is 79.9 cm³/mol. The molecular weight excluding hydrogens is 270 g/mol. The summed E-state index contributed by atoms with van der Waals surface area (Å²) >= 11 is 0. The summed E-state index contributed by atoms with van der Waals surface area (Å²) in [7, 11) is 2.11. The molecule has 7 heteroatoms. The predicted octanol–water partition coefficient (Wildman–Crippen LogP) is 1.53. The summed E-state index contributed by atoms with van der Waals surface area (Å²) in [5.74, 6) is 0. The molecule has 1 aliphatic heterocycles. The van der Waals surface area contributed by atoms with Crippen molar-refractivity contribution in [3.63, 3.8) is 0 Å². The number of likely N-dealkylation sites (N-methyl/N-ethyl adjacent to an activating group) is 1. The van der Waals surface area contributed by atoms with Crippen LogP contribution in [0.15, 0.2) is 36.7 Å². The van der Waals surface area contributed by atoms with Crippen LogP contribution in [0, 0.1) is 10.1 Å². The van der Waals surface area contributed by atoms with Gasteiger partial charge in [-0.05, 0) is 13.1 Å². The normalized spacial score (nSPS) is 16.1. The highest BCUT2D eigenvalue weighted by Crippen LogP contribution is 2.20. The molecule has 110 valence electrons. The second kappa shape index (κ2) is 5.53. The molecule has 3 rings (SSSR count). The minimum Gasteiger partial charge on any atom is -0.366 e. The van der Waals surface area contributed by atoms with Gasteiger partial charge in [0, 0.05) is 38.3 Å². The van der Waals surface area contributed by atoms with Gasteiger partial charge in [0.1, 0.15) is 0 Å². The SMILES string of the molecule is CN1CCN(c2cnn(-c3cccc([N+](=O)[O-])c3)c2)CC1. The molecular formula is C14H17N5O2. The molecule has 21 heavy (non-hydrogen) atoms. The van der Waals surface area contributed by atoms with Crippen LogP contribution in [0.25, 0.3) is 5.69 Å². The number of non-ortho nitro benzene ring substituents is 1. The Morgan fingerprint density at radius 1 is 1.19 bits per heavy atom. The van der Waals surface area contributed by atoms with Crippen LogP contribution >= 0.6 is 0 Å². The molecule has 0 N–H and O–H groups in total. The topological polar surface area (TPSA) is 67.4 Å². The van der Waals surface area contributed by atoms with Gasteiger partial charge in [-0.15, -0.1) is 0 Å². The van der Waals surface area contributed by atoms with Crippen molar-refractivity contribution in [3.8, 4) is 5.69 Å². The van der Waals surface area contributed by atoms with Crippen molar-refractivity contribution in [2.75, 3.05) is 38.1 Å². The lowest BCUT2D eigenvalue weighted by Gasteiger charge is -2.32. The van der Waals surface area contributed by atoms with Gasteiger partial charge < -0.3 is 9.80 Å². The zero-order chi connectivity index (χ0) is 14.8. The molecule has 0 amide bonds. The fraction of sp³-hybridized carbons (Fsp3) is 0.357. The molecule has 0 spiro atoms. The molecule has 2 aromatic rings. The molecule has 0 saturated carbocycles. The maximum absolute atomic E-state index is 10.8. The third-order valence-corrected chi connectivity index (χ3v) is 3.74. The van der Waals surface area contributed by atoms with Crippen LogP contribution in [-0.2, 0) is 0 Å². The molecule has 1 aliphatic rings. The average Bonchev–Trinajstić information content (AvgIpc) is 2.98. The molecule has 7 nitrogen and oxygen atoms in total. The summed E-state index contributed by atoms with van der Waals surface area (Å²) < 4.78 is 1.68. The van der Waals surface area contributed by atoms with E-state index in [9.17, 15) is 10.1 Å². The van der Waals surface area contributed by atoms with Crippen molar-refractivity contribution < 1.29 is 4.92 Å². The van der Waals surface area contributed by atoms with Crippen LogP contribution in [-0.4, -0.2) is 52.8 Å². The van der Waals surface area contributed by atoms with E-state index in [0.29, 0.717) is 5.69 Å². The van der Waals surface area contributed by atoms with Gasteiger partial charge in [0.2, 0.25) is 0 Å². The number of nitrogens with zero attached hydrogens (tertiary/aromatic N) is 5. The van der Waals surface area contributed by atoms with Crippen LogP contribution < -0.4 is 4.90 Å². The number of nitro benzene ring substituents is 1. The van der Waals surface area contributed by atoms with Crippen molar-refractivity contribution in [3.05, 3.63) is 46.8 Å². The number of anilines is 1. The summed E-state index contributed by atoms with van der Waals surface area (Å²) in [5.41, 5.74) is 1.82. The fourth-order valence-electron chi connectivity index (χ4n) is 2.43. The maximum atomic E-state index is 10.8. The number of nitro groups is 1. The van der Waals surface area contributed by atoms with Crippen LogP contribution in [0.5, 0.6) is 0 Å². The molecule has 1 aromatic heterocycles. The Hall–Kier alpha value is -2.41. The van der Waals surface area contributed by atoms with Crippen molar-refractivity contribution in [2.24, 2.45) is 0 Å². The van der Waals surface area contributed by atoms with Crippen molar-refractivity contribution in [1.82, 2.24) is 14.7 Å². The van der Waals surface area contributed by atoms with Gasteiger partial charge in [-0.1, -0.05) is 6.07 Å². The summed E-state index contributed by atoms with van der Waals surface area (Å²) in [6.45, 7) is 4.00. The van der Waals surface area contributed by atoms with E-state index in [1.54, 1.807) is 10.7 Å². The van der Waals surface area contributed by atoms with E-state index in [2.05, 4.69) is 21.9 Å². The van der Waals surface area contributed by atoms with Crippen molar-refractivity contribution >= 4 is 11.4 Å². The van der Waals surface area contributed by atoms with Gasteiger partial charge in [0.25, 0.3) is 5.69 Å². The zero-order valence-corrected chi connectivity index (χ0v) is 11.8. The minimum atomic E-state index is -0.394. The molecule has 0 atom stereocenters. The summed E-state index contributed by atoms with van der Waals surface area (Å²) in [6, 6.07) is 6.49. The number of hydrogen-bond acceptors (Lipinski definition) is 5. The Bertz CT molecular complexity index is 646. The molecule has 1 fully saturated rings. The summed E-state index contributed by atoms with van der Waals surface area (Å²) in [4.78, 5) is 15.0. The first-order valence-corrected chi connectivity index (χ1v) is 6.86. The first-order valence-electron chi connectivity index (χ1n) is 6.86. The Balaban J connectivity index is 1.81. The Labute approximate surface area is 122 Å². The number of benzene rings is 1. The minimum absolute atomic E-state index is 0.0733.